The second kappa shape index (κ2) is 3.94. The number of hydrogen-bond donors (Lipinski definition) is 1. The van der Waals surface area contributed by atoms with E-state index in [-0.39, 0.29) is 11.0 Å². The quantitative estimate of drug-likeness (QED) is 0.668. The second-order valence-electron chi connectivity index (χ2n) is 2.57. The van der Waals surface area contributed by atoms with Gasteiger partial charge >= 0.3 is 0 Å². The molecule has 0 rings (SSSR count). The summed E-state index contributed by atoms with van der Waals surface area (Å²) in [4.78, 5) is 0. The van der Waals surface area contributed by atoms with Crippen molar-refractivity contribution >= 4 is 11.6 Å². The SMILES string of the molecule is C/C(F)=C(\Cl)C(O)C(C)C. The van der Waals surface area contributed by atoms with E-state index in [1.54, 1.807) is 13.8 Å². The van der Waals surface area contributed by atoms with E-state index in [0.717, 1.165) is 0 Å². The van der Waals surface area contributed by atoms with Gasteiger partial charge in [0.05, 0.1) is 11.1 Å². The molecule has 0 saturated heterocycles. The molecule has 1 atom stereocenters. The van der Waals surface area contributed by atoms with Crippen molar-refractivity contribution in [1.82, 2.24) is 0 Å². The molecule has 0 heterocycles. The Labute approximate surface area is 65.5 Å². The van der Waals surface area contributed by atoms with Gasteiger partial charge in [-0.15, -0.1) is 0 Å². The molecule has 0 bridgehead atoms. The van der Waals surface area contributed by atoms with Crippen molar-refractivity contribution < 1.29 is 9.50 Å². The van der Waals surface area contributed by atoms with Crippen LogP contribution < -0.4 is 0 Å². The van der Waals surface area contributed by atoms with E-state index < -0.39 is 11.9 Å². The van der Waals surface area contributed by atoms with E-state index in [1.807, 2.05) is 0 Å². The number of allylic oxidation sites excluding steroid dienone is 1. The topological polar surface area (TPSA) is 20.2 Å². The smallest absolute Gasteiger partial charge is 0.114 e. The summed E-state index contributed by atoms with van der Waals surface area (Å²) in [5.41, 5.74) is 0. The van der Waals surface area contributed by atoms with Gasteiger partial charge in [-0.1, -0.05) is 25.4 Å². The highest BCUT2D eigenvalue weighted by Crippen LogP contribution is 2.19. The van der Waals surface area contributed by atoms with Crippen LogP contribution in [0.1, 0.15) is 20.8 Å². The maximum atomic E-state index is 12.3. The zero-order chi connectivity index (χ0) is 8.31. The minimum Gasteiger partial charge on any atom is -0.387 e. The Balaban J connectivity index is 4.22. The van der Waals surface area contributed by atoms with Crippen molar-refractivity contribution in [3.05, 3.63) is 10.9 Å². The molecule has 10 heavy (non-hydrogen) atoms. The summed E-state index contributed by atoms with van der Waals surface area (Å²) in [6.07, 6.45) is -0.869. The van der Waals surface area contributed by atoms with Crippen molar-refractivity contribution in [2.24, 2.45) is 5.92 Å². The van der Waals surface area contributed by atoms with Gasteiger partial charge in [-0.3, -0.25) is 0 Å². The number of aliphatic hydroxyl groups is 1. The molecule has 0 aliphatic rings. The van der Waals surface area contributed by atoms with Crippen LogP contribution in [-0.2, 0) is 0 Å². The third kappa shape index (κ3) is 2.67. The standard InChI is InChI=1S/C7H12ClFO/c1-4(2)7(10)6(8)5(3)9/h4,7,10H,1-3H3/b6-5+. The number of aliphatic hydroxyl groups excluding tert-OH is 1. The third-order valence-corrected chi connectivity index (χ3v) is 1.70. The van der Waals surface area contributed by atoms with E-state index in [4.69, 9.17) is 16.7 Å². The van der Waals surface area contributed by atoms with Crippen LogP contribution in [0.25, 0.3) is 0 Å². The van der Waals surface area contributed by atoms with Crippen molar-refractivity contribution in [2.75, 3.05) is 0 Å². The minimum absolute atomic E-state index is 0.0433. The lowest BCUT2D eigenvalue weighted by molar-refractivity contribution is 0.165. The predicted octanol–water partition coefficient (Wildman–Crippen LogP) is 2.44. The van der Waals surface area contributed by atoms with Crippen LogP contribution in [-0.4, -0.2) is 11.2 Å². The van der Waals surface area contributed by atoms with Crippen LogP contribution in [0.3, 0.4) is 0 Å². The van der Waals surface area contributed by atoms with Gasteiger partial charge < -0.3 is 5.11 Å². The normalized spacial score (nSPS) is 17.1. The maximum Gasteiger partial charge on any atom is 0.114 e. The summed E-state index contributed by atoms with van der Waals surface area (Å²) in [7, 11) is 0. The monoisotopic (exact) mass is 166 g/mol. The Hall–Kier alpha value is -0.0800. The van der Waals surface area contributed by atoms with Crippen LogP contribution in [0.5, 0.6) is 0 Å². The molecule has 0 saturated carbocycles. The average molecular weight is 167 g/mol. The highest BCUT2D eigenvalue weighted by molar-refractivity contribution is 6.30. The first-order chi connectivity index (χ1) is 4.46. The molecule has 60 valence electrons. The Kier molecular flexibility index (Phi) is 3.91. The Bertz CT molecular complexity index is 139. The van der Waals surface area contributed by atoms with Crippen LogP contribution in [0.15, 0.2) is 10.9 Å². The molecule has 1 unspecified atom stereocenters. The fraction of sp³-hybridized carbons (Fsp3) is 0.714. The summed E-state index contributed by atoms with van der Waals surface area (Å²) in [6.45, 7) is 4.78. The summed E-state index contributed by atoms with van der Waals surface area (Å²) in [5, 5.41) is 9.05. The summed E-state index contributed by atoms with van der Waals surface area (Å²) < 4.78 is 12.3. The molecule has 0 fully saturated rings. The van der Waals surface area contributed by atoms with Gasteiger partial charge in [0, 0.05) is 0 Å². The lowest BCUT2D eigenvalue weighted by Crippen LogP contribution is -2.15. The maximum absolute atomic E-state index is 12.3. The Morgan fingerprint density at radius 1 is 1.50 bits per heavy atom. The van der Waals surface area contributed by atoms with Crippen LogP contribution >= 0.6 is 11.6 Å². The molecule has 0 aliphatic carbocycles. The molecule has 3 heteroatoms. The molecule has 0 aromatic rings. The number of hydrogen-bond acceptors (Lipinski definition) is 1. The fourth-order valence-corrected chi connectivity index (χ4v) is 0.748. The van der Waals surface area contributed by atoms with Gasteiger partial charge in [0.25, 0.3) is 0 Å². The van der Waals surface area contributed by atoms with Gasteiger partial charge in [0.15, 0.2) is 0 Å². The molecule has 0 spiro atoms. The number of rotatable bonds is 2. The average Bonchev–Trinajstić information content (AvgIpc) is 1.84. The van der Waals surface area contributed by atoms with Gasteiger partial charge in [-0.25, -0.2) is 4.39 Å². The fourth-order valence-electron chi connectivity index (χ4n) is 0.496. The molecule has 0 aromatic carbocycles. The summed E-state index contributed by atoms with van der Waals surface area (Å²) in [6, 6.07) is 0. The summed E-state index contributed by atoms with van der Waals surface area (Å²) >= 11 is 5.42. The lowest BCUT2D eigenvalue weighted by Gasteiger charge is -2.12. The number of halogens is 2. The van der Waals surface area contributed by atoms with Crippen molar-refractivity contribution in [1.29, 1.82) is 0 Å². The second-order valence-corrected chi connectivity index (χ2v) is 2.98. The van der Waals surface area contributed by atoms with Crippen LogP contribution in [0.2, 0.25) is 0 Å². The van der Waals surface area contributed by atoms with E-state index in [2.05, 4.69) is 0 Å². The van der Waals surface area contributed by atoms with E-state index in [1.165, 1.54) is 6.92 Å². The van der Waals surface area contributed by atoms with Gasteiger partial charge in [0.1, 0.15) is 5.83 Å². The molecule has 0 amide bonds. The first-order valence-corrected chi connectivity index (χ1v) is 3.54. The zero-order valence-corrected chi connectivity index (χ0v) is 7.11. The van der Waals surface area contributed by atoms with Crippen molar-refractivity contribution in [3.63, 3.8) is 0 Å². The highest BCUT2D eigenvalue weighted by Gasteiger charge is 2.15. The van der Waals surface area contributed by atoms with Crippen molar-refractivity contribution in [2.45, 2.75) is 26.9 Å². The van der Waals surface area contributed by atoms with E-state index in [9.17, 15) is 4.39 Å². The molecule has 1 nitrogen and oxygen atoms in total. The van der Waals surface area contributed by atoms with E-state index in [0.29, 0.717) is 0 Å². The molecule has 0 aliphatic heterocycles. The van der Waals surface area contributed by atoms with E-state index >= 15 is 0 Å². The summed E-state index contributed by atoms with van der Waals surface area (Å²) in [5.74, 6) is -0.555. The lowest BCUT2D eigenvalue weighted by atomic mass is 10.1. The molecule has 1 N–H and O–H groups in total. The largest absolute Gasteiger partial charge is 0.387 e. The Morgan fingerprint density at radius 3 is 2.00 bits per heavy atom. The zero-order valence-electron chi connectivity index (χ0n) is 6.36. The van der Waals surface area contributed by atoms with Gasteiger partial charge in [-0.2, -0.15) is 0 Å². The van der Waals surface area contributed by atoms with Gasteiger partial charge in [0.2, 0.25) is 0 Å². The Morgan fingerprint density at radius 2 is 1.90 bits per heavy atom. The molecule has 0 radical (unpaired) electrons. The minimum atomic E-state index is -0.869. The van der Waals surface area contributed by atoms with Gasteiger partial charge in [-0.05, 0) is 12.8 Å². The first-order valence-electron chi connectivity index (χ1n) is 3.16. The third-order valence-electron chi connectivity index (χ3n) is 1.22. The first kappa shape index (κ1) is 9.92. The van der Waals surface area contributed by atoms with Crippen LogP contribution in [0, 0.1) is 5.92 Å². The highest BCUT2D eigenvalue weighted by atomic mass is 35.5. The van der Waals surface area contributed by atoms with Crippen molar-refractivity contribution in [3.8, 4) is 0 Å². The predicted molar refractivity (Wildman–Crippen MR) is 40.5 cm³/mol. The molecular weight excluding hydrogens is 155 g/mol. The molecule has 0 aromatic heterocycles. The molecular formula is C7H12ClFO. The van der Waals surface area contributed by atoms with Crippen LogP contribution in [0.4, 0.5) is 4.39 Å².